The van der Waals surface area contributed by atoms with E-state index in [1.807, 2.05) is 12.1 Å². The Morgan fingerprint density at radius 2 is 1.94 bits per heavy atom. The van der Waals surface area contributed by atoms with Crippen LogP contribution >= 0.6 is 0 Å². The van der Waals surface area contributed by atoms with Crippen LogP contribution < -0.4 is 16.4 Å². The van der Waals surface area contributed by atoms with E-state index in [1.54, 1.807) is 19.1 Å². The van der Waals surface area contributed by atoms with E-state index in [0.717, 1.165) is 5.56 Å². The molecule has 0 aromatic heterocycles. The Bertz CT molecular complexity index is 417. The second kappa shape index (κ2) is 6.61. The molecule has 0 aliphatic carbocycles. The van der Waals surface area contributed by atoms with Gasteiger partial charge in [-0.25, -0.2) is 4.79 Å². The van der Waals surface area contributed by atoms with Crippen molar-refractivity contribution in [2.75, 3.05) is 11.9 Å². The molecule has 6 nitrogen and oxygen atoms in total. The van der Waals surface area contributed by atoms with Gasteiger partial charge in [-0.05, 0) is 31.0 Å². The van der Waals surface area contributed by atoms with Crippen molar-refractivity contribution in [2.45, 2.75) is 19.4 Å². The van der Waals surface area contributed by atoms with Crippen LogP contribution in [0.15, 0.2) is 24.3 Å². The molecule has 0 saturated heterocycles. The number of aliphatic hydroxyl groups is 1. The van der Waals surface area contributed by atoms with Gasteiger partial charge in [0.1, 0.15) is 6.04 Å². The fourth-order valence-electron chi connectivity index (χ4n) is 1.41. The Labute approximate surface area is 105 Å². The summed E-state index contributed by atoms with van der Waals surface area (Å²) in [7, 11) is 0. The number of carbonyl (C=O) groups excluding carboxylic acids is 2. The first-order valence-electron chi connectivity index (χ1n) is 5.59. The predicted octanol–water partition coefficient (Wildman–Crippen LogP) is 0.217. The molecule has 98 valence electrons. The van der Waals surface area contributed by atoms with Crippen LogP contribution in [0, 0.1) is 0 Å². The minimum atomic E-state index is -0.740. The summed E-state index contributed by atoms with van der Waals surface area (Å²) < 4.78 is 0. The van der Waals surface area contributed by atoms with Crippen LogP contribution in [0.2, 0.25) is 0 Å². The van der Waals surface area contributed by atoms with Crippen molar-refractivity contribution < 1.29 is 14.7 Å². The number of hydrogen-bond acceptors (Lipinski definition) is 3. The highest BCUT2D eigenvalue weighted by molar-refractivity contribution is 5.96. The third-order valence-electron chi connectivity index (χ3n) is 2.37. The molecule has 5 N–H and O–H groups in total. The first-order valence-corrected chi connectivity index (χ1v) is 5.59. The first-order chi connectivity index (χ1) is 8.52. The summed E-state index contributed by atoms with van der Waals surface area (Å²) in [4.78, 5) is 22.2. The largest absolute Gasteiger partial charge is 0.396 e. The van der Waals surface area contributed by atoms with Gasteiger partial charge in [0, 0.05) is 12.3 Å². The average molecular weight is 251 g/mol. The van der Waals surface area contributed by atoms with Crippen molar-refractivity contribution in [1.29, 1.82) is 0 Å². The maximum atomic E-state index is 11.6. The predicted molar refractivity (Wildman–Crippen MR) is 68.0 cm³/mol. The number of urea groups is 1. The molecular weight excluding hydrogens is 234 g/mol. The van der Waals surface area contributed by atoms with Crippen LogP contribution in [0.25, 0.3) is 0 Å². The number of aliphatic hydroxyl groups excluding tert-OH is 1. The van der Waals surface area contributed by atoms with Crippen LogP contribution in [0.5, 0.6) is 0 Å². The van der Waals surface area contributed by atoms with E-state index in [-0.39, 0.29) is 12.5 Å². The lowest BCUT2D eigenvalue weighted by Gasteiger charge is -2.12. The van der Waals surface area contributed by atoms with E-state index >= 15 is 0 Å². The Morgan fingerprint density at radius 3 is 2.44 bits per heavy atom. The van der Waals surface area contributed by atoms with Crippen molar-refractivity contribution in [2.24, 2.45) is 5.73 Å². The van der Waals surface area contributed by atoms with E-state index in [4.69, 9.17) is 10.8 Å². The third kappa shape index (κ3) is 4.42. The van der Waals surface area contributed by atoms with Gasteiger partial charge >= 0.3 is 6.03 Å². The number of anilines is 1. The average Bonchev–Trinajstić information content (AvgIpc) is 2.31. The number of carbonyl (C=O) groups is 2. The molecule has 3 amide bonds. The van der Waals surface area contributed by atoms with Crippen LogP contribution in [0.4, 0.5) is 10.5 Å². The van der Waals surface area contributed by atoms with E-state index in [9.17, 15) is 9.59 Å². The van der Waals surface area contributed by atoms with Crippen molar-refractivity contribution >= 4 is 17.6 Å². The molecule has 1 aromatic rings. The van der Waals surface area contributed by atoms with Gasteiger partial charge in [-0.2, -0.15) is 0 Å². The lowest BCUT2D eigenvalue weighted by molar-refractivity contribution is -0.117. The quantitative estimate of drug-likeness (QED) is 0.601. The lowest BCUT2D eigenvalue weighted by atomic mass is 10.1. The Morgan fingerprint density at radius 1 is 1.33 bits per heavy atom. The number of primary amides is 1. The second-order valence-corrected chi connectivity index (χ2v) is 3.89. The van der Waals surface area contributed by atoms with Crippen LogP contribution in [-0.2, 0) is 11.2 Å². The summed E-state index contributed by atoms with van der Waals surface area (Å²) in [5.41, 5.74) is 6.53. The summed E-state index contributed by atoms with van der Waals surface area (Å²) in [5.74, 6) is -0.344. The molecule has 0 saturated carbocycles. The summed E-state index contributed by atoms with van der Waals surface area (Å²) in [5, 5.41) is 13.7. The fraction of sp³-hybridized carbons (Fsp3) is 0.333. The first kappa shape index (κ1) is 14.0. The number of hydrogen-bond donors (Lipinski definition) is 4. The van der Waals surface area contributed by atoms with Gasteiger partial charge < -0.3 is 21.5 Å². The number of amides is 3. The van der Waals surface area contributed by atoms with E-state index in [1.165, 1.54) is 0 Å². The smallest absolute Gasteiger partial charge is 0.312 e. The van der Waals surface area contributed by atoms with E-state index < -0.39 is 12.1 Å². The summed E-state index contributed by atoms with van der Waals surface area (Å²) >= 11 is 0. The zero-order valence-corrected chi connectivity index (χ0v) is 10.1. The SMILES string of the molecule is CC(NC(N)=O)C(=O)Nc1ccc(CCO)cc1. The zero-order valence-electron chi connectivity index (χ0n) is 10.1. The molecule has 6 heteroatoms. The van der Waals surface area contributed by atoms with Crippen molar-refractivity contribution in [1.82, 2.24) is 5.32 Å². The lowest BCUT2D eigenvalue weighted by Crippen LogP contribution is -2.44. The molecule has 1 aromatic carbocycles. The van der Waals surface area contributed by atoms with Gasteiger partial charge in [-0.1, -0.05) is 12.1 Å². The monoisotopic (exact) mass is 251 g/mol. The fourth-order valence-corrected chi connectivity index (χ4v) is 1.41. The molecule has 0 aliphatic rings. The molecule has 0 heterocycles. The summed E-state index contributed by atoms with van der Waals surface area (Å²) in [6.45, 7) is 1.63. The summed E-state index contributed by atoms with van der Waals surface area (Å²) in [6, 6.07) is 5.67. The molecule has 0 radical (unpaired) electrons. The topological polar surface area (TPSA) is 104 Å². The molecule has 1 unspecified atom stereocenters. The number of benzene rings is 1. The summed E-state index contributed by atoms with van der Waals surface area (Å²) in [6.07, 6.45) is 0.577. The number of nitrogens with one attached hydrogen (secondary N) is 2. The highest BCUT2D eigenvalue weighted by Gasteiger charge is 2.13. The molecule has 0 fully saturated rings. The minimum absolute atomic E-state index is 0.0886. The van der Waals surface area contributed by atoms with Crippen LogP contribution in [0.3, 0.4) is 0 Å². The standard InChI is InChI=1S/C12H17N3O3/c1-8(14-12(13)18)11(17)15-10-4-2-9(3-5-10)6-7-16/h2-5,8,16H,6-7H2,1H3,(H,15,17)(H3,13,14,18). The zero-order chi connectivity index (χ0) is 13.5. The molecule has 0 bridgehead atoms. The highest BCUT2D eigenvalue weighted by atomic mass is 16.3. The van der Waals surface area contributed by atoms with Crippen LogP contribution in [0.1, 0.15) is 12.5 Å². The molecule has 1 rings (SSSR count). The van der Waals surface area contributed by atoms with Crippen LogP contribution in [-0.4, -0.2) is 29.7 Å². The van der Waals surface area contributed by atoms with E-state index in [0.29, 0.717) is 12.1 Å². The molecule has 1 atom stereocenters. The number of rotatable bonds is 5. The van der Waals surface area contributed by atoms with Gasteiger partial charge in [0.05, 0.1) is 0 Å². The van der Waals surface area contributed by atoms with Crippen molar-refractivity contribution in [3.05, 3.63) is 29.8 Å². The highest BCUT2D eigenvalue weighted by Crippen LogP contribution is 2.10. The Balaban J connectivity index is 2.56. The van der Waals surface area contributed by atoms with Gasteiger partial charge in [-0.3, -0.25) is 4.79 Å². The van der Waals surface area contributed by atoms with Gasteiger partial charge in [0.2, 0.25) is 5.91 Å². The second-order valence-electron chi connectivity index (χ2n) is 3.89. The van der Waals surface area contributed by atoms with Gasteiger partial charge in [-0.15, -0.1) is 0 Å². The van der Waals surface area contributed by atoms with Gasteiger partial charge in [0.25, 0.3) is 0 Å². The Kier molecular flexibility index (Phi) is 5.13. The van der Waals surface area contributed by atoms with Crippen molar-refractivity contribution in [3.63, 3.8) is 0 Å². The van der Waals surface area contributed by atoms with Crippen molar-refractivity contribution in [3.8, 4) is 0 Å². The molecule has 18 heavy (non-hydrogen) atoms. The minimum Gasteiger partial charge on any atom is -0.396 e. The normalized spacial score (nSPS) is 11.7. The molecule has 0 aliphatic heterocycles. The van der Waals surface area contributed by atoms with Gasteiger partial charge in [0.15, 0.2) is 0 Å². The molecule has 0 spiro atoms. The van der Waals surface area contributed by atoms with E-state index in [2.05, 4.69) is 10.6 Å². The maximum Gasteiger partial charge on any atom is 0.312 e. The molecular formula is C12H17N3O3. The number of nitrogens with two attached hydrogens (primary N) is 1. The maximum absolute atomic E-state index is 11.6. The third-order valence-corrected chi connectivity index (χ3v) is 2.37. The Hall–Kier alpha value is -2.08.